The highest BCUT2D eigenvalue weighted by molar-refractivity contribution is 7.99. The molecule has 2 rings (SSSR count). The summed E-state index contributed by atoms with van der Waals surface area (Å²) in [6, 6.07) is 12.3. The SMILES string of the molecule is CCNC(C#N)(CCSc1ncco1)c1ccccc1. The molecule has 2 aromatic rings. The Balaban J connectivity index is 2.09. The van der Waals surface area contributed by atoms with Crippen LogP contribution in [0.15, 0.2) is 52.4 Å². The topological polar surface area (TPSA) is 61.9 Å². The largest absolute Gasteiger partial charge is 0.440 e. The maximum absolute atomic E-state index is 9.66. The molecule has 0 amide bonds. The second-order valence-electron chi connectivity index (χ2n) is 4.31. The Bertz CT molecular complexity index is 550. The molecule has 1 N–H and O–H groups in total. The average molecular weight is 287 g/mol. The van der Waals surface area contributed by atoms with Crippen molar-refractivity contribution in [1.82, 2.24) is 10.3 Å². The summed E-state index contributed by atoms with van der Waals surface area (Å²) in [7, 11) is 0. The first-order valence-electron chi connectivity index (χ1n) is 6.55. The third-order valence-electron chi connectivity index (χ3n) is 3.05. The summed E-state index contributed by atoms with van der Waals surface area (Å²) in [6.07, 6.45) is 3.87. The van der Waals surface area contributed by atoms with Crippen LogP contribution in [-0.4, -0.2) is 17.3 Å². The van der Waals surface area contributed by atoms with Gasteiger partial charge in [0.1, 0.15) is 11.8 Å². The van der Waals surface area contributed by atoms with Gasteiger partial charge in [0.15, 0.2) is 0 Å². The molecule has 0 saturated carbocycles. The number of benzene rings is 1. The lowest BCUT2D eigenvalue weighted by Crippen LogP contribution is -2.41. The molecule has 0 fully saturated rings. The molecule has 0 aliphatic rings. The fraction of sp³-hybridized carbons (Fsp3) is 0.333. The van der Waals surface area contributed by atoms with E-state index >= 15 is 0 Å². The van der Waals surface area contributed by atoms with Gasteiger partial charge in [-0.05, 0) is 18.5 Å². The van der Waals surface area contributed by atoms with Crippen LogP contribution in [0.2, 0.25) is 0 Å². The number of hydrogen-bond donors (Lipinski definition) is 1. The van der Waals surface area contributed by atoms with E-state index in [4.69, 9.17) is 4.42 Å². The quantitative estimate of drug-likeness (QED) is 0.792. The van der Waals surface area contributed by atoms with Crippen LogP contribution in [0.3, 0.4) is 0 Å². The van der Waals surface area contributed by atoms with Crippen LogP contribution in [0, 0.1) is 11.3 Å². The lowest BCUT2D eigenvalue weighted by molar-refractivity contribution is 0.425. The Hall–Kier alpha value is -1.77. The van der Waals surface area contributed by atoms with Gasteiger partial charge in [-0.25, -0.2) is 4.98 Å². The number of thioether (sulfide) groups is 1. The summed E-state index contributed by atoms with van der Waals surface area (Å²) >= 11 is 1.52. The van der Waals surface area contributed by atoms with E-state index in [1.54, 1.807) is 12.5 Å². The van der Waals surface area contributed by atoms with Crippen molar-refractivity contribution in [1.29, 1.82) is 5.26 Å². The zero-order chi connectivity index (χ0) is 14.3. The number of nitriles is 1. The zero-order valence-corrected chi connectivity index (χ0v) is 12.2. The first-order valence-corrected chi connectivity index (χ1v) is 7.53. The summed E-state index contributed by atoms with van der Waals surface area (Å²) in [4.78, 5) is 4.07. The normalized spacial score (nSPS) is 13.6. The predicted octanol–water partition coefficient (Wildman–Crippen LogP) is 3.19. The van der Waals surface area contributed by atoms with E-state index in [0.717, 1.165) is 17.9 Å². The van der Waals surface area contributed by atoms with Gasteiger partial charge < -0.3 is 4.42 Å². The lowest BCUT2D eigenvalue weighted by Gasteiger charge is -2.27. The van der Waals surface area contributed by atoms with Crippen molar-refractivity contribution in [2.45, 2.75) is 24.1 Å². The second kappa shape index (κ2) is 7.13. The van der Waals surface area contributed by atoms with Gasteiger partial charge in [-0.3, -0.25) is 5.32 Å². The van der Waals surface area contributed by atoms with Gasteiger partial charge in [0.05, 0.1) is 12.3 Å². The van der Waals surface area contributed by atoms with E-state index in [2.05, 4.69) is 16.4 Å². The van der Waals surface area contributed by atoms with Gasteiger partial charge in [-0.1, -0.05) is 49.0 Å². The molecule has 104 valence electrons. The van der Waals surface area contributed by atoms with Crippen molar-refractivity contribution in [3.8, 4) is 6.07 Å². The second-order valence-corrected chi connectivity index (χ2v) is 5.36. The lowest BCUT2D eigenvalue weighted by atomic mass is 9.88. The number of aromatic nitrogens is 1. The van der Waals surface area contributed by atoms with Crippen molar-refractivity contribution in [2.75, 3.05) is 12.3 Å². The number of nitrogens with zero attached hydrogens (tertiary/aromatic N) is 2. The molecule has 0 radical (unpaired) electrons. The number of nitrogens with one attached hydrogen (secondary N) is 1. The molecule has 0 aliphatic heterocycles. The molecular weight excluding hydrogens is 270 g/mol. The van der Waals surface area contributed by atoms with Crippen LogP contribution < -0.4 is 5.32 Å². The summed E-state index contributed by atoms with van der Waals surface area (Å²) in [5, 5.41) is 13.6. The minimum atomic E-state index is -0.657. The monoisotopic (exact) mass is 287 g/mol. The third kappa shape index (κ3) is 3.41. The van der Waals surface area contributed by atoms with Crippen molar-refractivity contribution < 1.29 is 4.42 Å². The summed E-state index contributed by atoms with van der Waals surface area (Å²) in [5.41, 5.74) is 0.340. The van der Waals surface area contributed by atoms with Crippen LogP contribution >= 0.6 is 11.8 Å². The Morgan fingerprint density at radius 1 is 1.40 bits per heavy atom. The van der Waals surface area contributed by atoms with E-state index in [9.17, 15) is 5.26 Å². The minimum Gasteiger partial charge on any atom is -0.440 e. The van der Waals surface area contributed by atoms with Gasteiger partial charge in [0.2, 0.25) is 0 Å². The highest BCUT2D eigenvalue weighted by Crippen LogP contribution is 2.28. The van der Waals surface area contributed by atoms with E-state index in [1.807, 2.05) is 37.3 Å². The zero-order valence-electron chi connectivity index (χ0n) is 11.4. The van der Waals surface area contributed by atoms with Gasteiger partial charge in [-0.15, -0.1) is 0 Å². The average Bonchev–Trinajstić information content (AvgIpc) is 3.00. The van der Waals surface area contributed by atoms with Crippen molar-refractivity contribution in [2.24, 2.45) is 0 Å². The number of oxazole rings is 1. The van der Waals surface area contributed by atoms with Gasteiger partial charge in [0.25, 0.3) is 5.22 Å². The molecule has 4 nitrogen and oxygen atoms in total. The molecule has 1 aromatic carbocycles. The Morgan fingerprint density at radius 2 is 2.20 bits per heavy atom. The molecular formula is C15H17N3OS. The highest BCUT2D eigenvalue weighted by atomic mass is 32.2. The fourth-order valence-corrected chi connectivity index (χ4v) is 2.93. The van der Waals surface area contributed by atoms with Crippen LogP contribution in [-0.2, 0) is 5.54 Å². The van der Waals surface area contributed by atoms with E-state index in [0.29, 0.717) is 11.6 Å². The van der Waals surface area contributed by atoms with Crippen LogP contribution in [0.1, 0.15) is 18.9 Å². The number of rotatable bonds is 7. The highest BCUT2D eigenvalue weighted by Gasteiger charge is 2.30. The van der Waals surface area contributed by atoms with Gasteiger partial charge >= 0.3 is 0 Å². The van der Waals surface area contributed by atoms with Crippen LogP contribution in [0.5, 0.6) is 0 Å². The smallest absolute Gasteiger partial charge is 0.255 e. The molecule has 1 aromatic heterocycles. The maximum atomic E-state index is 9.66. The molecule has 0 saturated heterocycles. The summed E-state index contributed by atoms with van der Waals surface area (Å²) < 4.78 is 5.20. The summed E-state index contributed by atoms with van der Waals surface area (Å²) in [5.74, 6) is 0.760. The van der Waals surface area contributed by atoms with Gasteiger partial charge in [-0.2, -0.15) is 5.26 Å². The van der Waals surface area contributed by atoms with Crippen molar-refractivity contribution in [3.63, 3.8) is 0 Å². The van der Waals surface area contributed by atoms with Crippen LogP contribution in [0.25, 0.3) is 0 Å². The minimum absolute atomic E-state index is 0.640. The molecule has 0 bridgehead atoms. The Labute approximate surface area is 123 Å². The summed E-state index contributed by atoms with van der Waals surface area (Å²) in [6.45, 7) is 2.75. The maximum Gasteiger partial charge on any atom is 0.255 e. The molecule has 20 heavy (non-hydrogen) atoms. The Morgan fingerprint density at radius 3 is 2.80 bits per heavy atom. The van der Waals surface area contributed by atoms with Crippen molar-refractivity contribution in [3.05, 3.63) is 48.4 Å². The molecule has 5 heteroatoms. The van der Waals surface area contributed by atoms with E-state index < -0.39 is 5.54 Å². The van der Waals surface area contributed by atoms with Gasteiger partial charge in [0, 0.05) is 5.75 Å². The first-order chi connectivity index (χ1) is 9.80. The van der Waals surface area contributed by atoms with Crippen molar-refractivity contribution >= 4 is 11.8 Å². The molecule has 1 unspecified atom stereocenters. The molecule has 1 heterocycles. The van der Waals surface area contributed by atoms with Crippen LogP contribution in [0.4, 0.5) is 0 Å². The predicted molar refractivity (Wildman–Crippen MR) is 79.3 cm³/mol. The fourth-order valence-electron chi connectivity index (χ4n) is 2.09. The molecule has 1 atom stereocenters. The standard InChI is InChI=1S/C15H17N3OS/c1-2-18-15(12-16,13-6-4-3-5-7-13)8-11-20-14-17-9-10-19-14/h3-7,9-10,18H,2,8,11H2,1H3. The first kappa shape index (κ1) is 14.6. The van der Waals surface area contributed by atoms with E-state index in [-0.39, 0.29) is 0 Å². The molecule has 0 spiro atoms. The third-order valence-corrected chi connectivity index (χ3v) is 3.91. The number of hydrogen-bond acceptors (Lipinski definition) is 5. The van der Waals surface area contributed by atoms with E-state index in [1.165, 1.54) is 11.8 Å². The Kier molecular flexibility index (Phi) is 5.22. The molecule has 0 aliphatic carbocycles.